The van der Waals surface area contributed by atoms with Crippen molar-refractivity contribution in [3.8, 4) is 0 Å². The summed E-state index contributed by atoms with van der Waals surface area (Å²) in [5, 5.41) is 12.9. The highest BCUT2D eigenvalue weighted by Crippen LogP contribution is 2.29. The van der Waals surface area contributed by atoms with Crippen molar-refractivity contribution in [1.29, 1.82) is 0 Å². The zero-order valence-corrected chi connectivity index (χ0v) is 10.3. The van der Waals surface area contributed by atoms with Crippen LogP contribution >= 0.6 is 11.6 Å². The summed E-state index contributed by atoms with van der Waals surface area (Å²) >= 11 is 5.96. The predicted octanol–water partition coefficient (Wildman–Crippen LogP) is 1.42. The van der Waals surface area contributed by atoms with Crippen LogP contribution in [0.25, 0.3) is 0 Å². The lowest BCUT2D eigenvalue weighted by molar-refractivity contribution is 0.110. The molecule has 5 heteroatoms. The van der Waals surface area contributed by atoms with Crippen LogP contribution in [0, 0.1) is 5.82 Å². The van der Waals surface area contributed by atoms with Gasteiger partial charge >= 0.3 is 0 Å². The number of hydrogen-bond acceptors (Lipinski definition) is 3. The molecule has 1 heterocycles. The van der Waals surface area contributed by atoms with Crippen molar-refractivity contribution in [1.82, 2.24) is 10.2 Å². The Morgan fingerprint density at radius 1 is 1.41 bits per heavy atom. The summed E-state index contributed by atoms with van der Waals surface area (Å²) in [5.74, 6) is -0.433. The summed E-state index contributed by atoms with van der Waals surface area (Å²) in [7, 11) is 0. The third-order valence-electron chi connectivity index (χ3n) is 3.11. The van der Waals surface area contributed by atoms with E-state index in [1.807, 2.05) is 0 Å². The second-order valence-corrected chi connectivity index (χ2v) is 4.51. The van der Waals surface area contributed by atoms with Crippen molar-refractivity contribution >= 4 is 11.6 Å². The maximum absolute atomic E-state index is 13.4. The number of benzene rings is 1. The average Bonchev–Trinajstić information content (AvgIpc) is 2.37. The molecule has 1 atom stereocenters. The van der Waals surface area contributed by atoms with E-state index < -0.39 is 5.82 Å². The van der Waals surface area contributed by atoms with Crippen LogP contribution in [0.4, 0.5) is 4.39 Å². The third-order valence-corrected chi connectivity index (χ3v) is 3.50. The predicted molar refractivity (Wildman–Crippen MR) is 65.7 cm³/mol. The summed E-state index contributed by atoms with van der Waals surface area (Å²) in [6.45, 7) is 3.37. The van der Waals surface area contributed by atoms with Crippen molar-refractivity contribution in [2.24, 2.45) is 0 Å². The molecule has 0 aromatic heterocycles. The molecule has 1 aliphatic rings. The number of halogens is 2. The highest BCUT2D eigenvalue weighted by Gasteiger charge is 2.24. The van der Waals surface area contributed by atoms with E-state index in [1.54, 1.807) is 12.1 Å². The number of rotatable bonds is 3. The molecular formula is C12H16ClFN2O. The van der Waals surface area contributed by atoms with E-state index in [-0.39, 0.29) is 17.7 Å². The van der Waals surface area contributed by atoms with Gasteiger partial charge in [-0.1, -0.05) is 23.7 Å². The third kappa shape index (κ3) is 2.77. The Hall–Kier alpha value is -0.680. The molecule has 1 saturated heterocycles. The van der Waals surface area contributed by atoms with Gasteiger partial charge in [-0.05, 0) is 11.6 Å². The molecule has 17 heavy (non-hydrogen) atoms. The number of aliphatic hydroxyl groups excluding tert-OH is 1. The molecule has 0 unspecified atom stereocenters. The minimum absolute atomic E-state index is 0.0524. The van der Waals surface area contributed by atoms with E-state index in [9.17, 15) is 9.50 Å². The fourth-order valence-corrected chi connectivity index (χ4v) is 2.43. The van der Waals surface area contributed by atoms with Gasteiger partial charge in [0.25, 0.3) is 0 Å². The van der Waals surface area contributed by atoms with E-state index in [4.69, 9.17) is 11.6 Å². The van der Waals surface area contributed by atoms with Gasteiger partial charge in [0.05, 0.1) is 17.7 Å². The molecule has 94 valence electrons. The minimum Gasteiger partial charge on any atom is -0.394 e. The van der Waals surface area contributed by atoms with Gasteiger partial charge in [-0.3, -0.25) is 4.90 Å². The summed E-state index contributed by atoms with van der Waals surface area (Å²) in [4.78, 5) is 2.12. The molecule has 2 N–H and O–H groups in total. The Balaban J connectivity index is 2.24. The molecule has 0 amide bonds. The standard InChI is InChI=1S/C12H16ClFN2O/c13-12-9(2-1-3-10(12)14)11(8-17)16-6-4-15-5-7-16/h1-3,11,15,17H,4-8H2/t11-/m1/s1. The van der Waals surface area contributed by atoms with Crippen molar-refractivity contribution in [3.05, 3.63) is 34.6 Å². The zero-order valence-electron chi connectivity index (χ0n) is 9.50. The summed E-state index contributed by atoms with van der Waals surface area (Å²) in [6, 6.07) is 4.51. The second kappa shape index (κ2) is 5.78. The maximum Gasteiger partial charge on any atom is 0.142 e. The highest BCUT2D eigenvalue weighted by atomic mass is 35.5. The lowest BCUT2D eigenvalue weighted by atomic mass is 10.0. The Bertz CT molecular complexity index is 383. The Labute approximate surface area is 105 Å². The molecule has 1 aliphatic heterocycles. The monoisotopic (exact) mass is 258 g/mol. The molecule has 1 fully saturated rings. The van der Waals surface area contributed by atoms with Crippen molar-refractivity contribution in [2.45, 2.75) is 6.04 Å². The van der Waals surface area contributed by atoms with Crippen molar-refractivity contribution in [3.63, 3.8) is 0 Å². The molecule has 0 aliphatic carbocycles. The molecule has 0 saturated carbocycles. The highest BCUT2D eigenvalue weighted by molar-refractivity contribution is 6.31. The Morgan fingerprint density at radius 3 is 2.76 bits per heavy atom. The van der Waals surface area contributed by atoms with Gasteiger partial charge in [0.2, 0.25) is 0 Å². The molecular weight excluding hydrogens is 243 g/mol. The van der Waals surface area contributed by atoms with Crippen LogP contribution in [0.1, 0.15) is 11.6 Å². The van der Waals surface area contributed by atoms with E-state index >= 15 is 0 Å². The van der Waals surface area contributed by atoms with Crippen LogP contribution < -0.4 is 5.32 Å². The van der Waals surface area contributed by atoms with Crippen LogP contribution in [0.15, 0.2) is 18.2 Å². The molecule has 2 rings (SSSR count). The quantitative estimate of drug-likeness (QED) is 0.861. The zero-order chi connectivity index (χ0) is 12.3. The second-order valence-electron chi connectivity index (χ2n) is 4.13. The van der Waals surface area contributed by atoms with Crippen LogP contribution in [-0.4, -0.2) is 42.8 Å². The van der Waals surface area contributed by atoms with Gasteiger partial charge in [-0.2, -0.15) is 0 Å². The maximum atomic E-state index is 13.4. The van der Waals surface area contributed by atoms with Crippen molar-refractivity contribution in [2.75, 3.05) is 32.8 Å². The number of aliphatic hydroxyl groups is 1. The fraction of sp³-hybridized carbons (Fsp3) is 0.500. The first-order valence-electron chi connectivity index (χ1n) is 5.73. The van der Waals surface area contributed by atoms with Gasteiger partial charge in [0, 0.05) is 26.2 Å². The van der Waals surface area contributed by atoms with Gasteiger partial charge < -0.3 is 10.4 Å². The van der Waals surface area contributed by atoms with Crippen LogP contribution in [0.3, 0.4) is 0 Å². The first-order valence-corrected chi connectivity index (χ1v) is 6.11. The largest absolute Gasteiger partial charge is 0.394 e. The van der Waals surface area contributed by atoms with Gasteiger partial charge in [0.1, 0.15) is 5.82 Å². The number of nitrogens with one attached hydrogen (secondary N) is 1. The fourth-order valence-electron chi connectivity index (χ4n) is 2.18. The topological polar surface area (TPSA) is 35.5 Å². The lowest BCUT2D eigenvalue weighted by Gasteiger charge is -2.34. The van der Waals surface area contributed by atoms with Gasteiger partial charge in [-0.15, -0.1) is 0 Å². The van der Waals surface area contributed by atoms with Gasteiger partial charge in [-0.25, -0.2) is 4.39 Å². The van der Waals surface area contributed by atoms with E-state index in [0.29, 0.717) is 5.56 Å². The van der Waals surface area contributed by atoms with E-state index in [1.165, 1.54) is 6.07 Å². The molecule has 0 spiro atoms. The summed E-state index contributed by atoms with van der Waals surface area (Å²) < 4.78 is 13.4. The normalized spacial score (nSPS) is 19.2. The molecule has 1 aromatic rings. The van der Waals surface area contributed by atoms with Crippen LogP contribution in [0.5, 0.6) is 0 Å². The Morgan fingerprint density at radius 2 is 2.12 bits per heavy atom. The molecule has 3 nitrogen and oxygen atoms in total. The van der Waals surface area contributed by atoms with Crippen LogP contribution in [0.2, 0.25) is 5.02 Å². The van der Waals surface area contributed by atoms with Gasteiger partial charge in [0.15, 0.2) is 0 Å². The smallest absolute Gasteiger partial charge is 0.142 e. The number of piperazine rings is 1. The molecule has 0 bridgehead atoms. The molecule has 0 radical (unpaired) electrons. The number of hydrogen-bond donors (Lipinski definition) is 2. The minimum atomic E-state index is -0.433. The van der Waals surface area contributed by atoms with E-state index in [0.717, 1.165) is 26.2 Å². The SMILES string of the molecule is OC[C@H](c1cccc(F)c1Cl)N1CCNCC1. The lowest BCUT2D eigenvalue weighted by Crippen LogP contribution is -2.46. The first kappa shape index (κ1) is 12.8. The average molecular weight is 259 g/mol. The van der Waals surface area contributed by atoms with Crippen LogP contribution in [-0.2, 0) is 0 Å². The number of nitrogens with zero attached hydrogens (tertiary/aromatic N) is 1. The summed E-state index contributed by atoms with van der Waals surface area (Å²) in [5.41, 5.74) is 0.663. The Kier molecular flexibility index (Phi) is 4.34. The van der Waals surface area contributed by atoms with Crippen molar-refractivity contribution < 1.29 is 9.50 Å². The first-order chi connectivity index (χ1) is 8.24. The summed E-state index contributed by atoms with van der Waals surface area (Å²) in [6.07, 6.45) is 0. The molecule has 1 aromatic carbocycles. The van der Waals surface area contributed by atoms with E-state index in [2.05, 4.69) is 10.2 Å².